The molecule has 1 fully saturated rings. The summed E-state index contributed by atoms with van der Waals surface area (Å²) in [5, 5.41) is 4.46. The molecule has 0 spiro atoms. The highest BCUT2D eigenvalue weighted by Crippen LogP contribution is 2.22. The zero-order valence-corrected chi connectivity index (χ0v) is 15.5. The topological polar surface area (TPSA) is 80.2 Å². The predicted octanol–water partition coefficient (Wildman–Crippen LogP) is 3.21. The van der Waals surface area contributed by atoms with Gasteiger partial charge in [0.05, 0.1) is 6.04 Å². The summed E-state index contributed by atoms with van der Waals surface area (Å²) in [6.07, 6.45) is 1.01. The third-order valence-electron chi connectivity index (χ3n) is 4.96. The van der Waals surface area contributed by atoms with Crippen LogP contribution >= 0.6 is 0 Å². The van der Waals surface area contributed by atoms with E-state index in [1.54, 1.807) is 4.90 Å². The van der Waals surface area contributed by atoms with Crippen molar-refractivity contribution in [2.24, 2.45) is 0 Å². The largest absolute Gasteiger partial charge is 0.445 e. The average Bonchev–Trinajstić information content (AvgIpc) is 3.15. The minimum atomic E-state index is -0.318. The van der Waals surface area contributed by atoms with Gasteiger partial charge in [-0.15, -0.1) is 5.10 Å². The van der Waals surface area contributed by atoms with Crippen molar-refractivity contribution in [3.05, 3.63) is 76.7 Å². The van der Waals surface area contributed by atoms with E-state index in [1.165, 1.54) is 4.68 Å². The Morgan fingerprint density at radius 3 is 2.36 bits per heavy atom. The maximum absolute atomic E-state index is 12.3. The van der Waals surface area contributed by atoms with Crippen LogP contribution in [0.3, 0.4) is 0 Å². The van der Waals surface area contributed by atoms with E-state index in [2.05, 4.69) is 10.1 Å². The van der Waals surface area contributed by atoms with E-state index in [0.717, 1.165) is 11.1 Å². The molecule has 2 aromatic carbocycles. The van der Waals surface area contributed by atoms with Crippen LogP contribution in [-0.2, 0) is 11.3 Å². The first kappa shape index (κ1) is 18.0. The second-order valence-corrected chi connectivity index (χ2v) is 6.85. The number of carbonyl (C=O) groups excluding carboxylic acids is 1. The summed E-state index contributed by atoms with van der Waals surface area (Å²) in [7, 11) is 0. The van der Waals surface area contributed by atoms with Crippen molar-refractivity contribution in [1.82, 2.24) is 19.7 Å². The molecule has 0 saturated carbocycles. The van der Waals surface area contributed by atoms with Crippen LogP contribution < -0.4 is 5.69 Å². The first-order chi connectivity index (χ1) is 13.7. The number of ether oxygens (including phenoxy) is 1. The molecule has 0 unspecified atom stereocenters. The molecule has 1 saturated heterocycles. The molecule has 7 heteroatoms. The van der Waals surface area contributed by atoms with Crippen LogP contribution in [0.5, 0.6) is 0 Å². The third kappa shape index (κ3) is 3.98. The highest BCUT2D eigenvalue weighted by molar-refractivity contribution is 5.67. The summed E-state index contributed by atoms with van der Waals surface area (Å²) < 4.78 is 6.90. The molecule has 2 heterocycles. The lowest BCUT2D eigenvalue weighted by atomic mass is 10.1. The Balaban J connectivity index is 1.35. The molecule has 1 aliphatic rings. The van der Waals surface area contributed by atoms with E-state index < -0.39 is 0 Å². The van der Waals surface area contributed by atoms with Gasteiger partial charge in [0.2, 0.25) is 0 Å². The van der Waals surface area contributed by atoms with Crippen molar-refractivity contribution >= 4 is 6.09 Å². The lowest BCUT2D eigenvalue weighted by molar-refractivity contribution is 0.0818. The molecule has 7 nitrogen and oxygen atoms in total. The van der Waals surface area contributed by atoms with Crippen molar-refractivity contribution in [2.45, 2.75) is 25.5 Å². The number of hydrogen-bond acceptors (Lipinski definition) is 4. The summed E-state index contributed by atoms with van der Waals surface area (Å²) >= 11 is 0. The predicted molar refractivity (Wildman–Crippen MR) is 105 cm³/mol. The second-order valence-electron chi connectivity index (χ2n) is 6.85. The fourth-order valence-electron chi connectivity index (χ4n) is 3.41. The van der Waals surface area contributed by atoms with Gasteiger partial charge in [0.25, 0.3) is 0 Å². The molecular formula is C21H22N4O3. The van der Waals surface area contributed by atoms with Crippen LogP contribution in [0.25, 0.3) is 11.4 Å². The van der Waals surface area contributed by atoms with Gasteiger partial charge in [0.1, 0.15) is 6.61 Å². The molecule has 1 amide bonds. The highest BCUT2D eigenvalue weighted by Gasteiger charge is 2.27. The van der Waals surface area contributed by atoms with Crippen LogP contribution in [0.4, 0.5) is 4.79 Å². The van der Waals surface area contributed by atoms with Gasteiger partial charge in [-0.1, -0.05) is 60.7 Å². The maximum Gasteiger partial charge on any atom is 0.410 e. The van der Waals surface area contributed by atoms with Gasteiger partial charge in [-0.25, -0.2) is 14.3 Å². The van der Waals surface area contributed by atoms with E-state index in [-0.39, 0.29) is 24.4 Å². The van der Waals surface area contributed by atoms with Gasteiger partial charge < -0.3 is 9.64 Å². The van der Waals surface area contributed by atoms with Crippen LogP contribution in [0.2, 0.25) is 0 Å². The summed E-state index contributed by atoms with van der Waals surface area (Å²) in [5.74, 6) is 0.565. The van der Waals surface area contributed by atoms with Gasteiger partial charge in [0, 0.05) is 18.7 Å². The molecular weight excluding hydrogens is 356 g/mol. The maximum atomic E-state index is 12.3. The number of nitrogens with zero attached hydrogens (tertiary/aromatic N) is 3. The van der Waals surface area contributed by atoms with E-state index in [4.69, 9.17) is 4.74 Å². The van der Waals surface area contributed by atoms with Gasteiger partial charge >= 0.3 is 11.8 Å². The normalized spacial score (nSPS) is 14.8. The summed E-state index contributed by atoms with van der Waals surface area (Å²) in [5.41, 5.74) is 1.62. The van der Waals surface area contributed by atoms with E-state index in [1.807, 2.05) is 60.7 Å². The van der Waals surface area contributed by atoms with Crippen molar-refractivity contribution in [3.63, 3.8) is 0 Å². The Kier molecular flexibility index (Phi) is 5.23. The van der Waals surface area contributed by atoms with Crippen LogP contribution in [-0.4, -0.2) is 38.8 Å². The molecule has 1 aliphatic heterocycles. The van der Waals surface area contributed by atoms with Gasteiger partial charge in [-0.3, -0.25) is 4.98 Å². The van der Waals surface area contributed by atoms with Crippen LogP contribution in [0.15, 0.2) is 65.5 Å². The molecule has 0 aliphatic carbocycles. The number of piperidine rings is 1. The Bertz CT molecular complexity index is 974. The van der Waals surface area contributed by atoms with Crippen LogP contribution in [0, 0.1) is 0 Å². The van der Waals surface area contributed by atoms with Gasteiger partial charge in [-0.05, 0) is 18.4 Å². The fourth-order valence-corrected chi connectivity index (χ4v) is 3.41. The molecule has 144 valence electrons. The van der Waals surface area contributed by atoms with Crippen molar-refractivity contribution < 1.29 is 9.53 Å². The Morgan fingerprint density at radius 1 is 1.04 bits per heavy atom. The summed E-state index contributed by atoms with van der Waals surface area (Å²) in [6, 6.07) is 19.1. The SMILES string of the molecule is O=C(OCc1ccccc1)N1CCC(n2nc(-c3ccccc3)[nH]c2=O)CC1. The Hall–Kier alpha value is -3.35. The number of nitrogens with one attached hydrogen (secondary N) is 1. The monoisotopic (exact) mass is 378 g/mol. The number of benzene rings is 2. The minimum absolute atomic E-state index is 0.0283. The number of aromatic nitrogens is 3. The number of rotatable bonds is 4. The molecule has 0 atom stereocenters. The fraction of sp³-hybridized carbons (Fsp3) is 0.286. The zero-order valence-electron chi connectivity index (χ0n) is 15.5. The van der Waals surface area contributed by atoms with Crippen molar-refractivity contribution in [2.75, 3.05) is 13.1 Å². The number of aromatic amines is 1. The Morgan fingerprint density at radius 2 is 1.68 bits per heavy atom. The van der Waals surface area contributed by atoms with Crippen LogP contribution in [0.1, 0.15) is 24.4 Å². The van der Waals surface area contributed by atoms with E-state index in [9.17, 15) is 9.59 Å². The average molecular weight is 378 g/mol. The van der Waals surface area contributed by atoms with E-state index >= 15 is 0 Å². The number of hydrogen-bond donors (Lipinski definition) is 1. The first-order valence-electron chi connectivity index (χ1n) is 9.40. The lowest BCUT2D eigenvalue weighted by Gasteiger charge is -2.30. The molecule has 1 N–H and O–H groups in total. The van der Waals surface area contributed by atoms with Gasteiger partial charge in [-0.2, -0.15) is 0 Å². The second kappa shape index (κ2) is 8.12. The summed E-state index contributed by atoms with van der Waals surface area (Å²) in [4.78, 5) is 29.1. The highest BCUT2D eigenvalue weighted by atomic mass is 16.6. The molecule has 3 aromatic rings. The minimum Gasteiger partial charge on any atom is -0.445 e. The molecule has 28 heavy (non-hydrogen) atoms. The molecule has 0 bridgehead atoms. The van der Waals surface area contributed by atoms with Crippen molar-refractivity contribution in [1.29, 1.82) is 0 Å². The third-order valence-corrected chi connectivity index (χ3v) is 4.96. The lowest BCUT2D eigenvalue weighted by Crippen LogP contribution is -2.41. The smallest absolute Gasteiger partial charge is 0.410 e. The summed E-state index contributed by atoms with van der Waals surface area (Å²) in [6.45, 7) is 1.34. The van der Waals surface area contributed by atoms with Gasteiger partial charge in [0.15, 0.2) is 5.82 Å². The molecule has 1 aromatic heterocycles. The molecule has 0 radical (unpaired) electrons. The van der Waals surface area contributed by atoms with E-state index in [0.29, 0.717) is 31.8 Å². The first-order valence-corrected chi connectivity index (χ1v) is 9.40. The number of amides is 1. The zero-order chi connectivity index (χ0) is 19.3. The Labute approximate surface area is 162 Å². The number of likely N-dealkylation sites (tertiary alicyclic amines) is 1. The quantitative estimate of drug-likeness (QED) is 0.756. The van der Waals surface area contributed by atoms with Crippen molar-refractivity contribution in [3.8, 4) is 11.4 Å². The standard InChI is InChI=1S/C21H22N4O3/c26-20-22-19(17-9-5-2-6-10-17)23-25(20)18-11-13-24(14-12-18)21(27)28-15-16-7-3-1-4-8-16/h1-10,18H,11-15H2,(H,22,23,26). The number of H-pyrrole nitrogens is 1. The molecule has 4 rings (SSSR count). The number of carbonyl (C=O) groups is 1.